The second kappa shape index (κ2) is 9.27. The molecule has 2 unspecified atom stereocenters. The highest BCUT2D eigenvalue weighted by Gasteiger charge is 2.36. The Bertz CT molecular complexity index is 1070. The second-order valence-electron chi connectivity index (χ2n) is 9.84. The average molecular weight is 447 g/mol. The van der Waals surface area contributed by atoms with Crippen LogP contribution < -0.4 is 10.1 Å². The number of anilines is 1. The van der Waals surface area contributed by atoms with Gasteiger partial charge in [-0.15, -0.1) is 0 Å². The van der Waals surface area contributed by atoms with Gasteiger partial charge in [0, 0.05) is 18.2 Å². The summed E-state index contributed by atoms with van der Waals surface area (Å²) in [7, 11) is 1.75. The molecule has 1 N–H and O–H groups in total. The van der Waals surface area contributed by atoms with E-state index in [-0.39, 0.29) is 0 Å². The van der Waals surface area contributed by atoms with Gasteiger partial charge in [0.1, 0.15) is 5.75 Å². The predicted octanol–water partition coefficient (Wildman–Crippen LogP) is 7.64. The normalized spacial score (nSPS) is 24.8. The van der Waals surface area contributed by atoms with Gasteiger partial charge in [0.2, 0.25) is 0 Å². The lowest BCUT2D eigenvalue weighted by Crippen LogP contribution is -2.20. The second-order valence-corrected chi connectivity index (χ2v) is 10.6. The van der Waals surface area contributed by atoms with Gasteiger partial charge in [-0.1, -0.05) is 31.2 Å². The summed E-state index contributed by atoms with van der Waals surface area (Å²) < 4.78 is 10.1. The molecule has 0 amide bonds. The molecule has 1 heterocycles. The fraction of sp³-hybridized carbons (Fsp3) is 0.464. The Hall–Kier alpha value is -2.33. The van der Waals surface area contributed by atoms with Crippen LogP contribution in [0.15, 0.2) is 48.5 Å². The first-order valence-corrected chi connectivity index (χ1v) is 12.8. The molecule has 2 atom stereocenters. The van der Waals surface area contributed by atoms with Crippen molar-refractivity contribution in [2.24, 2.45) is 11.8 Å². The van der Waals surface area contributed by atoms with E-state index in [1.807, 2.05) is 0 Å². The zero-order chi connectivity index (χ0) is 22.1. The summed E-state index contributed by atoms with van der Waals surface area (Å²) in [6, 6.07) is 17.9. The first-order chi connectivity index (χ1) is 15.6. The molecule has 32 heavy (non-hydrogen) atoms. The van der Waals surface area contributed by atoms with Crippen molar-refractivity contribution in [2.45, 2.75) is 57.8 Å². The highest BCUT2D eigenvalue weighted by molar-refractivity contribution is 7.09. The van der Waals surface area contributed by atoms with Crippen molar-refractivity contribution in [2.75, 3.05) is 19.0 Å². The highest BCUT2D eigenvalue weighted by Crippen LogP contribution is 2.47. The number of rotatable bonds is 7. The van der Waals surface area contributed by atoms with E-state index in [4.69, 9.17) is 9.11 Å². The van der Waals surface area contributed by atoms with Crippen LogP contribution in [0, 0.1) is 18.8 Å². The fourth-order valence-electron chi connectivity index (χ4n) is 5.23. The first kappa shape index (κ1) is 21.5. The third-order valence-corrected chi connectivity index (χ3v) is 8.35. The van der Waals surface area contributed by atoms with Crippen LogP contribution in [-0.2, 0) is 0 Å². The van der Waals surface area contributed by atoms with Crippen molar-refractivity contribution in [3.63, 3.8) is 0 Å². The Morgan fingerprint density at radius 1 is 1.06 bits per heavy atom. The minimum Gasteiger partial charge on any atom is -0.496 e. The van der Waals surface area contributed by atoms with Crippen LogP contribution in [0.1, 0.15) is 67.7 Å². The van der Waals surface area contributed by atoms with Crippen molar-refractivity contribution >= 4 is 17.2 Å². The van der Waals surface area contributed by atoms with Gasteiger partial charge in [0.15, 0.2) is 0 Å². The minimum absolute atomic E-state index is 0.689. The molecule has 0 spiro atoms. The summed E-state index contributed by atoms with van der Waals surface area (Å²) in [6.45, 7) is 5.52. The Morgan fingerprint density at radius 2 is 1.88 bits per heavy atom. The number of benzene rings is 2. The van der Waals surface area contributed by atoms with Crippen molar-refractivity contribution in [1.29, 1.82) is 0 Å². The van der Waals surface area contributed by atoms with Crippen molar-refractivity contribution in [3.05, 3.63) is 65.4 Å². The first-order valence-electron chi connectivity index (χ1n) is 12.1. The number of hydrogen-bond acceptors (Lipinski definition) is 4. The lowest BCUT2D eigenvalue weighted by atomic mass is 9.78. The van der Waals surface area contributed by atoms with Crippen LogP contribution in [0.4, 0.5) is 5.69 Å². The lowest BCUT2D eigenvalue weighted by Gasteiger charge is -2.29. The highest BCUT2D eigenvalue weighted by atomic mass is 32.1. The van der Waals surface area contributed by atoms with E-state index in [1.54, 1.807) is 18.6 Å². The van der Waals surface area contributed by atoms with Crippen LogP contribution >= 0.6 is 11.5 Å². The molecule has 0 bridgehead atoms. The molecule has 3 nitrogen and oxygen atoms in total. The molecular formula is C28H34N2OS. The minimum atomic E-state index is 0.689. The summed E-state index contributed by atoms with van der Waals surface area (Å²) >= 11 is 1.64. The van der Waals surface area contributed by atoms with E-state index in [0.717, 1.165) is 24.1 Å². The molecule has 2 fully saturated rings. The Labute approximate surface area is 196 Å². The van der Waals surface area contributed by atoms with Gasteiger partial charge in [0.25, 0.3) is 0 Å². The molecule has 2 aliphatic carbocycles. The van der Waals surface area contributed by atoms with E-state index in [9.17, 15) is 0 Å². The molecule has 0 radical (unpaired) electrons. The van der Waals surface area contributed by atoms with Crippen molar-refractivity contribution in [3.8, 4) is 16.2 Å². The Kier molecular flexibility index (Phi) is 6.23. The Balaban J connectivity index is 1.14. The summed E-state index contributed by atoms with van der Waals surface area (Å²) in [5, 5.41) is 3.72. The SMILES string of the molecule is COc1ccc([C@H]2CC[C@H](CNc3cccc(-c4cc(C5CC5C)ns4)c3)CC2)cc1C. The lowest BCUT2D eigenvalue weighted by molar-refractivity contribution is 0.338. The maximum atomic E-state index is 5.42. The van der Waals surface area contributed by atoms with Crippen LogP contribution in [-0.4, -0.2) is 18.0 Å². The molecule has 3 aromatic rings. The predicted molar refractivity (Wildman–Crippen MR) is 135 cm³/mol. The fourth-order valence-corrected chi connectivity index (χ4v) is 6.03. The number of nitrogens with one attached hydrogen (secondary N) is 1. The summed E-state index contributed by atoms with van der Waals surface area (Å²) in [6.07, 6.45) is 6.44. The molecule has 2 aromatic carbocycles. The molecule has 0 aliphatic heterocycles. The van der Waals surface area contributed by atoms with Crippen LogP contribution in [0.25, 0.3) is 10.4 Å². The number of methoxy groups -OCH3 is 1. The maximum absolute atomic E-state index is 5.42. The molecular weight excluding hydrogens is 412 g/mol. The van der Waals surface area contributed by atoms with Gasteiger partial charge in [0.05, 0.1) is 17.7 Å². The quantitative estimate of drug-likeness (QED) is 0.405. The smallest absolute Gasteiger partial charge is 0.121 e. The third kappa shape index (κ3) is 4.71. The van der Waals surface area contributed by atoms with E-state index < -0.39 is 0 Å². The standard InChI is InChI=1S/C28H34N2OS/c1-18-14-25(18)26-16-28(32-30-26)23-5-4-6-24(15-23)29-17-20-7-9-21(10-8-20)22-11-12-27(31-3)19(2)13-22/h4-6,11-13,15-16,18,20-21,25,29H,7-10,14,17H2,1-3H3/t18?,20-,21-,25?. The zero-order valence-electron chi connectivity index (χ0n) is 19.4. The van der Waals surface area contributed by atoms with E-state index in [0.29, 0.717) is 11.8 Å². The number of nitrogens with zero attached hydrogens (tertiary/aromatic N) is 1. The van der Waals surface area contributed by atoms with E-state index >= 15 is 0 Å². The maximum Gasteiger partial charge on any atom is 0.121 e. The van der Waals surface area contributed by atoms with Gasteiger partial charge in [-0.05, 0) is 109 Å². The Morgan fingerprint density at radius 3 is 2.59 bits per heavy atom. The van der Waals surface area contributed by atoms with Crippen LogP contribution in [0.5, 0.6) is 5.75 Å². The molecule has 1 aromatic heterocycles. The molecule has 2 aliphatic rings. The van der Waals surface area contributed by atoms with Gasteiger partial charge >= 0.3 is 0 Å². The number of aryl methyl sites for hydroxylation is 1. The zero-order valence-corrected chi connectivity index (χ0v) is 20.3. The number of aromatic nitrogens is 1. The molecule has 168 valence electrons. The summed E-state index contributed by atoms with van der Waals surface area (Å²) in [5.41, 5.74) is 6.52. The average Bonchev–Trinajstić information content (AvgIpc) is 3.35. The molecule has 5 rings (SSSR count). The monoisotopic (exact) mass is 446 g/mol. The van der Waals surface area contributed by atoms with E-state index in [1.165, 1.54) is 65.1 Å². The van der Waals surface area contributed by atoms with Crippen LogP contribution in [0.2, 0.25) is 0 Å². The molecule has 4 heteroatoms. The van der Waals surface area contributed by atoms with Gasteiger partial charge in [-0.2, -0.15) is 4.37 Å². The van der Waals surface area contributed by atoms with Crippen molar-refractivity contribution in [1.82, 2.24) is 4.37 Å². The largest absolute Gasteiger partial charge is 0.496 e. The van der Waals surface area contributed by atoms with E-state index in [2.05, 4.69) is 67.7 Å². The topological polar surface area (TPSA) is 34.1 Å². The summed E-state index contributed by atoms with van der Waals surface area (Å²) in [5.74, 6) is 3.93. The van der Waals surface area contributed by atoms with Gasteiger partial charge < -0.3 is 10.1 Å². The molecule has 0 saturated heterocycles. The van der Waals surface area contributed by atoms with Gasteiger partial charge in [-0.3, -0.25) is 0 Å². The summed E-state index contributed by atoms with van der Waals surface area (Å²) in [4.78, 5) is 1.29. The molecule has 2 saturated carbocycles. The van der Waals surface area contributed by atoms with Crippen LogP contribution in [0.3, 0.4) is 0 Å². The van der Waals surface area contributed by atoms with Crippen molar-refractivity contribution < 1.29 is 4.74 Å². The third-order valence-electron chi connectivity index (χ3n) is 7.50. The number of hydrogen-bond donors (Lipinski definition) is 1. The number of ether oxygens (including phenoxy) is 1. The van der Waals surface area contributed by atoms with Gasteiger partial charge in [-0.25, -0.2) is 0 Å².